The molecule has 5 nitrogen and oxygen atoms in total. The quantitative estimate of drug-likeness (QED) is 0.894. The van der Waals surface area contributed by atoms with Gasteiger partial charge in [0.1, 0.15) is 6.61 Å². The van der Waals surface area contributed by atoms with E-state index < -0.39 is 0 Å². The van der Waals surface area contributed by atoms with Crippen molar-refractivity contribution in [2.45, 2.75) is 6.54 Å². The summed E-state index contributed by atoms with van der Waals surface area (Å²) in [5, 5.41) is 6.15. The Labute approximate surface area is 117 Å². The molecule has 0 unspecified atom stereocenters. The Morgan fingerprint density at radius 3 is 3.10 bits per heavy atom. The average Bonchev–Trinajstić information content (AvgIpc) is 2.89. The molecule has 0 saturated heterocycles. The summed E-state index contributed by atoms with van der Waals surface area (Å²) in [5.74, 6) is 0.523. The molecule has 1 aliphatic rings. The average molecular weight is 271 g/mol. The van der Waals surface area contributed by atoms with Crippen molar-refractivity contribution in [2.75, 3.05) is 18.5 Å². The normalized spacial score (nSPS) is 13.1. The number of anilines is 1. The Kier molecular flexibility index (Phi) is 3.33. The number of fused-ring (bicyclic) bond motifs is 1. The second kappa shape index (κ2) is 5.28. The highest BCUT2D eigenvalue weighted by atomic mass is 16.5. The van der Waals surface area contributed by atoms with E-state index in [1.807, 2.05) is 42.1 Å². The zero-order chi connectivity index (χ0) is 13.9. The highest BCUT2D eigenvalue weighted by Gasteiger charge is 2.18. The lowest BCUT2D eigenvalue weighted by Gasteiger charge is -2.21. The number of carbonyl (C=O) groups is 1. The molecule has 0 bridgehead atoms. The van der Waals surface area contributed by atoms with E-state index in [2.05, 4.69) is 10.6 Å². The topological polar surface area (TPSA) is 55.3 Å². The van der Waals surface area contributed by atoms with Crippen molar-refractivity contribution in [2.24, 2.45) is 7.05 Å². The largest absolute Gasteiger partial charge is 0.489 e. The Balaban J connectivity index is 1.76. The Bertz CT molecular complexity index is 634. The second-order valence-electron chi connectivity index (χ2n) is 4.75. The Morgan fingerprint density at radius 1 is 1.40 bits per heavy atom. The lowest BCUT2D eigenvalue weighted by atomic mass is 10.1. The van der Waals surface area contributed by atoms with Gasteiger partial charge in [-0.2, -0.15) is 0 Å². The number of hydrogen-bond acceptors (Lipinski definition) is 3. The van der Waals surface area contributed by atoms with Crippen molar-refractivity contribution in [3.05, 3.63) is 47.8 Å². The summed E-state index contributed by atoms with van der Waals surface area (Å²) in [5.41, 5.74) is 2.51. The van der Waals surface area contributed by atoms with Gasteiger partial charge in [0.15, 0.2) is 5.75 Å². The predicted molar refractivity (Wildman–Crippen MR) is 77.0 cm³/mol. The van der Waals surface area contributed by atoms with Gasteiger partial charge in [-0.15, -0.1) is 0 Å². The summed E-state index contributed by atoms with van der Waals surface area (Å²) in [4.78, 5) is 12.3. The van der Waals surface area contributed by atoms with Crippen molar-refractivity contribution in [1.29, 1.82) is 0 Å². The van der Waals surface area contributed by atoms with Crippen LogP contribution in [0.5, 0.6) is 5.75 Å². The van der Waals surface area contributed by atoms with E-state index >= 15 is 0 Å². The van der Waals surface area contributed by atoms with Gasteiger partial charge in [-0.3, -0.25) is 4.79 Å². The van der Waals surface area contributed by atoms with E-state index in [-0.39, 0.29) is 5.91 Å². The molecular formula is C15H17N3O2. The second-order valence-corrected chi connectivity index (χ2v) is 4.75. The molecule has 0 spiro atoms. The fourth-order valence-electron chi connectivity index (χ4n) is 2.30. The summed E-state index contributed by atoms with van der Waals surface area (Å²) in [6.07, 6.45) is 1.96. The number of rotatable bonds is 3. The van der Waals surface area contributed by atoms with Crippen LogP contribution in [-0.2, 0) is 13.6 Å². The highest BCUT2D eigenvalue weighted by molar-refractivity contribution is 5.98. The van der Waals surface area contributed by atoms with Gasteiger partial charge in [-0.1, -0.05) is 6.07 Å². The molecule has 20 heavy (non-hydrogen) atoms. The van der Waals surface area contributed by atoms with Gasteiger partial charge < -0.3 is 19.9 Å². The van der Waals surface area contributed by atoms with Gasteiger partial charge in [-0.25, -0.2) is 0 Å². The van der Waals surface area contributed by atoms with Crippen LogP contribution in [0.25, 0.3) is 0 Å². The lowest BCUT2D eigenvalue weighted by Crippen LogP contribution is -2.26. The first kappa shape index (κ1) is 12.6. The summed E-state index contributed by atoms with van der Waals surface area (Å²) in [7, 11) is 1.96. The van der Waals surface area contributed by atoms with Crippen molar-refractivity contribution in [1.82, 2.24) is 9.88 Å². The molecule has 1 aliphatic heterocycles. The molecule has 2 heterocycles. The summed E-state index contributed by atoms with van der Waals surface area (Å²) in [6.45, 7) is 1.84. The minimum Gasteiger partial charge on any atom is -0.489 e. The fourth-order valence-corrected chi connectivity index (χ4v) is 2.30. The molecular weight excluding hydrogens is 254 g/mol. The third-order valence-corrected chi connectivity index (χ3v) is 3.40. The zero-order valence-electron chi connectivity index (χ0n) is 11.3. The van der Waals surface area contributed by atoms with Crippen LogP contribution < -0.4 is 15.4 Å². The third kappa shape index (κ3) is 2.34. The molecule has 104 valence electrons. The fraction of sp³-hybridized carbons (Fsp3) is 0.267. The van der Waals surface area contributed by atoms with Crippen molar-refractivity contribution < 1.29 is 9.53 Å². The third-order valence-electron chi connectivity index (χ3n) is 3.40. The summed E-state index contributed by atoms with van der Waals surface area (Å²) < 4.78 is 7.59. The van der Waals surface area contributed by atoms with Crippen molar-refractivity contribution in [3.8, 4) is 5.75 Å². The molecule has 2 N–H and O–H groups in total. The molecule has 0 aliphatic carbocycles. The van der Waals surface area contributed by atoms with Gasteiger partial charge in [0, 0.05) is 25.5 Å². The Morgan fingerprint density at radius 2 is 2.30 bits per heavy atom. The minimum atomic E-state index is -0.119. The van der Waals surface area contributed by atoms with Crippen molar-refractivity contribution >= 4 is 11.6 Å². The first-order valence-electron chi connectivity index (χ1n) is 6.64. The lowest BCUT2D eigenvalue weighted by molar-refractivity contribution is 0.0946. The minimum absolute atomic E-state index is 0.119. The molecule has 2 aromatic rings. The molecule has 0 saturated carbocycles. The molecule has 1 amide bonds. The SMILES string of the molecule is Cn1cccc1CNC(=O)c1cccc2c1OCCN2. The number of hydrogen-bond donors (Lipinski definition) is 2. The number of ether oxygens (including phenoxy) is 1. The van der Waals surface area contributed by atoms with Crippen molar-refractivity contribution in [3.63, 3.8) is 0 Å². The van der Waals surface area contributed by atoms with E-state index in [0.717, 1.165) is 17.9 Å². The number of aromatic nitrogens is 1. The van der Waals surface area contributed by atoms with Gasteiger partial charge >= 0.3 is 0 Å². The van der Waals surface area contributed by atoms with Crippen LogP contribution in [-0.4, -0.2) is 23.6 Å². The maximum atomic E-state index is 12.3. The van der Waals surface area contributed by atoms with E-state index in [4.69, 9.17) is 4.74 Å². The first-order chi connectivity index (χ1) is 9.75. The van der Waals surface area contributed by atoms with Crippen LogP contribution in [0.1, 0.15) is 16.1 Å². The predicted octanol–water partition coefficient (Wildman–Crippen LogP) is 1.76. The van der Waals surface area contributed by atoms with Gasteiger partial charge in [0.05, 0.1) is 17.8 Å². The number of carbonyl (C=O) groups excluding carboxylic acids is 1. The van der Waals surface area contributed by atoms with E-state index in [1.165, 1.54) is 0 Å². The standard InChI is InChI=1S/C15H17N3O2/c1-18-8-3-4-11(18)10-17-15(19)12-5-2-6-13-14(12)20-9-7-16-13/h2-6,8,16H,7,9-10H2,1H3,(H,17,19). The van der Waals surface area contributed by atoms with E-state index in [9.17, 15) is 4.79 Å². The molecule has 3 rings (SSSR count). The molecule has 1 aromatic heterocycles. The van der Waals surface area contributed by atoms with Gasteiger partial charge in [0.25, 0.3) is 5.91 Å². The van der Waals surface area contributed by atoms with Crippen LogP contribution in [0.3, 0.4) is 0 Å². The summed E-state index contributed by atoms with van der Waals surface area (Å²) in [6, 6.07) is 9.50. The van der Waals surface area contributed by atoms with Gasteiger partial charge in [0.2, 0.25) is 0 Å². The molecule has 1 aromatic carbocycles. The van der Waals surface area contributed by atoms with Crippen LogP contribution in [0.15, 0.2) is 36.5 Å². The number of para-hydroxylation sites is 1. The molecule has 0 atom stereocenters. The van der Waals surface area contributed by atoms with Gasteiger partial charge in [-0.05, 0) is 24.3 Å². The molecule has 0 fully saturated rings. The summed E-state index contributed by atoms with van der Waals surface area (Å²) >= 11 is 0. The zero-order valence-corrected chi connectivity index (χ0v) is 11.3. The highest BCUT2D eigenvalue weighted by Crippen LogP contribution is 2.31. The number of nitrogens with one attached hydrogen (secondary N) is 2. The number of nitrogens with zero attached hydrogens (tertiary/aromatic N) is 1. The van der Waals surface area contributed by atoms with E-state index in [1.54, 1.807) is 6.07 Å². The Hall–Kier alpha value is -2.43. The van der Waals surface area contributed by atoms with E-state index in [0.29, 0.717) is 24.5 Å². The number of benzene rings is 1. The molecule has 5 heteroatoms. The first-order valence-corrected chi connectivity index (χ1v) is 6.64. The smallest absolute Gasteiger partial charge is 0.255 e. The van der Waals surface area contributed by atoms with Crippen LogP contribution in [0, 0.1) is 0 Å². The van der Waals surface area contributed by atoms with Crippen LogP contribution >= 0.6 is 0 Å². The van der Waals surface area contributed by atoms with Crippen LogP contribution in [0.2, 0.25) is 0 Å². The number of amides is 1. The maximum absolute atomic E-state index is 12.3. The molecule has 0 radical (unpaired) electrons. The maximum Gasteiger partial charge on any atom is 0.255 e. The monoisotopic (exact) mass is 271 g/mol. The van der Waals surface area contributed by atoms with Crippen LogP contribution in [0.4, 0.5) is 5.69 Å². The number of aryl methyl sites for hydroxylation is 1.